The van der Waals surface area contributed by atoms with E-state index in [2.05, 4.69) is 49.3 Å². The van der Waals surface area contributed by atoms with Gasteiger partial charge in [0.25, 0.3) is 5.91 Å². The number of carbonyl (C=O) groups excluding carboxylic acids is 2. The minimum atomic E-state index is -3.52. The van der Waals surface area contributed by atoms with Crippen molar-refractivity contribution >= 4 is 21.8 Å². The van der Waals surface area contributed by atoms with Gasteiger partial charge in [0.05, 0.1) is 17.4 Å². The maximum Gasteiger partial charge on any atom is 0.251 e. The smallest absolute Gasteiger partial charge is 0.251 e. The fourth-order valence-corrected chi connectivity index (χ4v) is 6.62. The van der Waals surface area contributed by atoms with E-state index in [1.54, 1.807) is 42.6 Å². The van der Waals surface area contributed by atoms with Gasteiger partial charge in [0.2, 0.25) is 15.9 Å². The van der Waals surface area contributed by atoms with Crippen molar-refractivity contribution in [1.82, 2.24) is 30.2 Å². The molecular formula is C40H46N6O5S. The maximum atomic E-state index is 12.8. The van der Waals surface area contributed by atoms with Gasteiger partial charge in [-0.1, -0.05) is 54.6 Å². The number of aliphatic hydroxyl groups excluding tert-OH is 1. The molecule has 11 nitrogen and oxygen atoms in total. The van der Waals surface area contributed by atoms with Crippen LogP contribution in [-0.4, -0.2) is 54.5 Å². The van der Waals surface area contributed by atoms with Crippen LogP contribution in [0.3, 0.4) is 0 Å². The summed E-state index contributed by atoms with van der Waals surface area (Å²) in [7, 11) is -2.16. The number of benzene rings is 3. The Bertz CT molecular complexity index is 2060. The highest BCUT2D eigenvalue weighted by Gasteiger charge is 2.14. The second kappa shape index (κ2) is 17.4. The minimum Gasteiger partial charge on any atom is -0.387 e. The van der Waals surface area contributed by atoms with Gasteiger partial charge in [-0.2, -0.15) is 0 Å². The van der Waals surface area contributed by atoms with Crippen LogP contribution in [0.1, 0.15) is 62.6 Å². The first-order chi connectivity index (χ1) is 24.9. The van der Waals surface area contributed by atoms with E-state index in [-0.39, 0.29) is 35.7 Å². The molecule has 0 unspecified atom stereocenters. The molecule has 5 N–H and O–H groups in total. The molecule has 12 heteroatoms. The Morgan fingerprint density at radius 3 is 2.08 bits per heavy atom. The van der Waals surface area contributed by atoms with Gasteiger partial charge >= 0.3 is 0 Å². The van der Waals surface area contributed by atoms with Crippen LogP contribution in [0.25, 0.3) is 5.82 Å². The third kappa shape index (κ3) is 10.2. The second-order valence-electron chi connectivity index (χ2n) is 12.9. The van der Waals surface area contributed by atoms with E-state index in [1.807, 2.05) is 50.2 Å². The fraction of sp³-hybridized carbons (Fsp3) is 0.275. The van der Waals surface area contributed by atoms with Crippen molar-refractivity contribution in [2.45, 2.75) is 63.7 Å². The number of nitrogens with one attached hydrogen (secondary N) is 4. The lowest BCUT2D eigenvalue weighted by atomic mass is 10.0. The maximum absolute atomic E-state index is 12.8. The molecule has 2 heterocycles. The monoisotopic (exact) mass is 722 g/mol. The summed E-state index contributed by atoms with van der Waals surface area (Å²) in [5.74, 6) is 0.458. The number of aryl methyl sites for hydroxylation is 2. The third-order valence-corrected chi connectivity index (χ3v) is 10.3. The van der Waals surface area contributed by atoms with Gasteiger partial charge in [-0.3, -0.25) is 9.59 Å². The summed E-state index contributed by atoms with van der Waals surface area (Å²) in [4.78, 5) is 30.2. The number of sulfonamides is 1. The van der Waals surface area contributed by atoms with E-state index in [9.17, 15) is 23.1 Å². The molecule has 3 aromatic carbocycles. The zero-order valence-electron chi connectivity index (χ0n) is 29.9. The lowest BCUT2D eigenvalue weighted by Gasteiger charge is -2.18. The third-order valence-electron chi connectivity index (χ3n) is 8.87. The van der Waals surface area contributed by atoms with Gasteiger partial charge in [-0.25, -0.2) is 18.1 Å². The van der Waals surface area contributed by atoms with Crippen LogP contribution in [0.2, 0.25) is 0 Å². The molecule has 0 bridgehead atoms. The molecule has 0 spiro atoms. The van der Waals surface area contributed by atoms with Crippen molar-refractivity contribution in [3.05, 3.63) is 148 Å². The second-order valence-corrected chi connectivity index (χ2v) is 14.8. The quantitative estimate of drug-likeness (QED) is 0.101. The van der Waals surface area contributed by atoms with Gasteiger partial charge in [-0.05, 0) is 99.0 Å². The summed E-state index contributed by atoms with van der Waals surface area (Å²) in [5, 5.41) is 20.0. The SMILES string of the molecule is CNS(=O)(=O)c1ccc(CNC(=O)c2ccc(CNC(=O)Cc3cccc(C[C@@H](C)NC[C@H](O)c4ccc(-n5c(C)ccc5C)nc4)c3)cc2)cc1. The Morgan fingerprint density at radius 1 is 0.808 bits per heavy atom. The molecular weight excluding hydrogens is 677 g/mol. The Balaban J connectivity index is 1.03. The number of rotatable bonds is 16. The number of hydrogen-bond acceptors (Lipinski definition) is 7. The lowest BCUT2D eigenvalue weighted by Crippen LogP contribution is -2.32. The number of amides is 2. The molecule has 0 aliphatic rings. The molecule has 0 aliphatic carbocycles. The number of carbonyl (C=O) groups is 2. The molecule has 0 fully saturated rings. The molecule has 2 atom stereocenters. The number of nitrogens with zero attached hydrogens (tertiary/aromatic N) is 2. The Morgan fingerprint density at radius 2 is 1.44 bits per heavy atom. The summed E-state index contributed by atoms with van der Waals surface area (Å²) in [6.45, 7) is 7.11. The van der Waals surface area contributed by atoms with E-state index < -0.39 is 16.1 Å². The first-order valence-corrected chi connectivity index (χ1v) is 18.7. The number of aliphatic hydroxyl groups is 1. The predicted molar refractivity (Wildman–Crippen MR) is 201 cm³/mol. The summed E-state index contributed by atoms with van der Waals surface area (Å²) in [6.07, 6.45) is 2.01. The van der Waals surface area contributed by atoms with Crippen molar-refractivity contribution in [3.8, 4) is 5.82 Å². The van der Waals surface area contributed by atoms with Crippen molar-refractivity contribution in [1.29, 1.82) is 0 Å². The first-order valence-electron chi connectivity index (χ1n) is 17.2. The van der Waals surface area contributed by atoms with Crippen molar-refractivity contribution in [3.63, 3.8) is 0 Å². The molecule has 5 rings (SSSR count). The van der Waals surface area contributed by atoms with E-state index >= 15 is 0 Å². The van der Waals surface area contributed by atoms with Crippen LogP contribution in [0, 0.1) is 13.8 Å². The molecule has 0 radical (unpaired) electrons. The molecule has 2 amide bonds. The topological polar surface area (TPSA) is 154 Å². The highest BCUT2D eigenvalue weighted by atomic mass is 32.2. The Kier molecular flexibility index (Phi) is 12.7. The molecule has 52 heavy (non-hydrogen) atoms. The molecule has 0 aliphatic heterocycles. The van der Waals surface area contributed by atoms with Crippen LogP contribution in [0.15, 0.2) is 108 Å². The average molecular weight is 723 g/mol. The van der Waals surface area contributed by atoms with Crippen molar-refractivity contribution in [2.75, 3.05) is 13.6 Å². The normalized spacial score (nSPS) is 12.6. The number of hydrogen-bond donors (Lipinski definition) is 5. The van der Waals surface area contributed by atoms with Crippen LogP contribution < -0.4 is 20.7 Å². The van der Waals surface area contributed by atoms with Crippen LogP contribution >= 0.6 is 0 Å². The summed E-state index contributed by atoms with van der Waals surface area (Å²) in [6, 6.07) is 29.3. The van der Waals surface area contributed by atoms with Crippen LogP contribution in [0.4, 0.5) is 0 Å². The van der Waals surface area contributed by atoms with E-state index in [0.717, 1.165) is 51.4 Å². The summed E-state index contributed by atoms with van der Waals surface area (Å²) in [5.41, 5.74) is 7.07. The highest BCUT2D eigenvalue weighted by molar-refractivity contribution is 7.89. The molecule has 0 saturated carbocycles. The number of pyridine rings is 1. The average Bonchev–Trinajstić information content (AvgIpc) is 3.49. The fourth-order valence-electron chi connectivity index (χ4n) is 5.89. The Labute approximate surface area is 305 Å². The zero-order chi connectivity index (χ0) is 37.3. The first kappa shape index (κ1) is 38.1. The van der Waals surface area contributed by atoms with Gasteiger partial charge in [0.15, 0.2) is 0 Å². The van der Waals surface area contributed by atoms with E-state index in [4.69, 9.17) is 0 Å². The van der Waals surface area contributed by atoms with Crippen molar-refractivity contribution in [2.24, 2.45) is 0 Å². The largest absolute Gasteiger partial charge is 0.387 e. The lowest BCUT2D eigenvalue weighted by molar-refractivity contribution is -0.120. The number of aromatic nitrogens is 2. The predicted octanol–water partition coefficient (Wildman–Crippen LogP) is 4.44. The molecule has 272 valence electrons. The van der Waals surface area contributed by atoms with Gasteiger partial charge < -0.3 is 25.6 Å². The molecule has 5 aromatic rings. The zero-order valence-corrected chi connectivity index (χ0v) is 30.7. The van der Waals surface area contributed by atoms with Crippen LogP contribution in [0.5, 0.6) is 0 Å². The Hall–Kier alpha value is -5.14. The van der Waals surface area contributed by atoms with Crippen LogP contribution in [-0.2, 0) is 40.7 Å². The standard InChI is InChI=1S/C40H46N6O5S/c1-27(42-26-37(47)35-16-19-38(43-25-35)46-28(2)8-9-29(46)3)20-32-6-5-7-33(21-32)22-39(48)44-23-30-10-14-34(15-11-30)40(49)45-24-31-12-17-36(18-13-31)52(50,51)41-4/h5-19,21,25,27,37,41-42,47H,20,22-24,26H2,1-4H3,(H,44,48)(H,45,49)/t27-,37+/m1/s1. The summed E-state index contributed by atoms with van der Waals surface area (Å²) >= 11 is 0. The molecule has 0 saturated heterocycles. The van der Waals surface area contributed by atoms with Crippen molar-refractivity contribution < 1.29 is 23.1 Å². The summed E-state index contributed by atoms with van der Waals surface area (Å²) < 4.78 is 28.1. The highest BCUT2D eigenvalue weighted by Crippen LogP contribution is 2.18. The van der Waals surface area contributed by atoms with Gasteiger partial charge in [-0.15, -0.1) is 0 Å². The molecule has 2 aromatic heterocycles. The van der Waals surface area contributed by atoms with Gasteiger partial charge in [0.1, 0.15) is 5.82 Å². The van der Waals surface area contributed by atoms with Gasteiger partial charge in [0, 0.05) is 54.4 Å². The van der Waals surface area contributed by atoms with E-state index in [1.165, 1.54) is 19.2 Å². The minimum absolute atomic E-state index is 0.0946. The van der Waals surface area contributed by atoms with E-state index in [0.29, 0.717) is 18.7 Å².